The number of carbonyl (C=O) groups is 1. The van der Waals surface area contributed by atoms with Gasteiger partial charge in [-0.3, -0.25) is 4.79 Å². The normalized spacial score (nSPS) is 22.9. The second-order valence-corrected chi connectivity index (χ2v) is 10.3. The topological polar surface area (TPSA) is 45.7 Å². The summed E-state index contributed by atoms with van der Waals surface area (Å²) in [7, 11) is 2.06. The van der Waals surface area contributed by atoms with Gasteiger partial charge in [-0.15, -0.1) is 0 Å². The Labute approximate surface area is 213 Å². The molecule has 0 unspecified atom stereocenters. The van der Waals surface area contributed by atoms with Crippen LogP contribution in [0.15, 0.2) is 36.5 Å². The molecule has 2 aliphatic rings. The number of amides is 1. The predicted molar refractivity (Wildman–Crippen MR) is 129 cm³/mol. The molecule has 2 saturated heterocycles. The fourth-order valence-electron chi connectivity index (χ4n) is 4.99. The number of hydrogen-bond donors (Lipinski definition) is 0. The van der Waals surface area contributed by atoms with Crippen molar-refractivity contribution in [1.82, 2.24) is 14.8 Å². The number of nitrogens with zero attached hydrogens (tertiary/aromatic N) is 3. The lowest BCUT2D eigenvalue weighted by Gasteiger charge is -2.31. The van der Waals surface area contributed by atoms with E-state index in [0.29, 0.717) is 23.1 Å². The monoisotopic (exact) mass is 529 g/mol. The van der Waals surface area contributed by atoms with Gasteiger partial charge < -0.3 is 14.5 Å². The highest BCUT2D eigenvalue weighted by Crippen LogP contribution is 2.39. The summed E-state index contributed by atoms with van der Waals surface area (Å²) in [6.07, 6.45) is -2.45. The van der Waals surface area contributed by atoms with Crippen LogP contribution < -0.4 is 4.74 Å². The van der Waals surface area contributed by atoms with Crippen molar-refractivity contribution in [2.24, 2.45) is 11.8 Å². The van der Waals surface area contributed by atoms with Gasteiger partial charge in [-0.2, -0.15) is 13.2 Å². The molecule has 0 saturated carbocycles. The highest BCUT2D eigenvalue weighted by atomic mass is 35.5. The highest BCUT2D eigenvalue weighted by molar-refractivity contribution is 6.42. The summed E-state index contributed by atoms with van der Waals surface area (Å²) in [6, 6.07) is 7.63. The SMILES string of the molecule is C[C@@H](Oc1ccc(C(F)(F)F)cn1)[C@@H]1CN(C(=O)C2CCN(C)CC2)C[C@@H]1c1ccc(Cl)c(Cl)c1. The minimum absolute atomic E-state index is 0.00721. The van der Waals surface area contributed by atoms with Gasteiger partial charge in [0, 0.05) is 43.1 Å². The highest BCUT2D eigenvalue weighted by Gasteiger charge is 2.42. The number of rotatable bonds is 5. The average Bonchev–Trinajstić information content (AvgIpc) is 3.26. The Morgan fingerprint density at radius 2 is 1.83 bits per heavy atom. The molecule has 190 valence electrons. The lowest BCUT2D eigenvalue weighted by molar-refractivity contribution is -0.138. The summed E-state index contributed by atoms with van der Waals surface area (Å²) in [4.78, 5) is 21.3. The zero-order valence-corrected chi connectivity index (χ0v) is 21.1. The molecule has 0 bridgehead atoms. The van der Waals surface area contributed by atoms with Crippen molar-refractivity contribution in [1.29, 1.82) is 0 Å². The van der Waals surface area contributed by atoms with Gasteiger partial charge in [-0.25, -0.2) is 4.98 Å². The zero-order valence-electron chi connectivity index (χ0n) is 19.6. The van der Waals surface area contributed by atoms with Crippen LogP contribution in [0.2, 0.25) is 10.0 Å². The van der Waals surface area contributed by atoms with Crippen LogP contribution >= 0.6 is 23.2 Å². The summed E-state index contributed by atoms with van der Waals surface area (Å²) in [6.45, 7) is 4.64. The Hall–Kier alpha value is -2.03. The molecule has 3 heterocycles. The average molecular weight is 530 g/mol. The van der Waals surface area contributed by atoms with Gasteiger partial charge in [0.15, 0.2) is 0 Å². The third-order valence-electron chi connectivity index (χ3n) is 7.09. The van der Waals surface area contributed by atoms with Gasteiger partial charge in [-0.1, -0.05) is 29.3 Å². The maximum absolute atomic E-state index is 13.4. The first-order chi connectivity index (χ1) is 16.5. The van der Waals surface area contributed by atoms with Gasteiger partial charge in [-0.05, 0) is 63.7 Å². The molecule has 5 nitrogen and oxygen atoms in total. The number of hydrogen-bond acceptors (Lipinski definition) is 4. The molecular weight excluding hydrogens is 502 g/mol. The van der Waals surface area contributed by atoms with Gasteiger partial charge in [0.05, 0.1) is 15.6 Å². The summed E-state index contributed by atoms with van der Waals surface area (Å²) in [5.41, 5.74) is 0.112. The third kappa shape index (κ3) is 6.04. The molecule has 2 aliphatic heterocycles. The maximum Gasteiger partial charge on any atom is 0.417 e. The summed E-state index contributed by atoms with van der Waals surface area (Å²) in [5.74, 6) is 0.0761. The molecule has 1 aromatic carbocycles. The summed E-state index contributed by atoms with van der Waals surface area (Å²) < 4.78 is 44.6. The van der Waals surface area contributed by atoms with Crippen LogP contribution in [0.4, 0.5) is 13.2 Å². The van der Waals surface area contributed by atoms with E-state index in [0.717, 1.165) is 43.8 Å². The Kier molecular flexibility index (Phi) is 7.83. The van der Waals surface area contributed by atoms with E-state index in [9.17, 15) is 18.0 Å². The summed E-state index contributed by atoms with van der Waals surface area (Å²) >= 11 is 12.4. The van der Waals surface area contributed by atoms with Crippen LogP contribution in [0.3, 0.4) is 0 Å². The van der Waals surface area contributed by atoms with E-state index in [-0.39, 0.29) is 29.5 Å². The first kappa shape index (κ1) is 26.0. The van der Waals surface area contributed by atoms with Crippen LogP contribution in [-0.2, 0) is 11.0 Å². The molecule has 4 rings (SSSR count). The molecule has 0 spiro atoms. The van der Waals surface area contributed by atoms with E-state index in [1.807, 2.05) is 24.0 Å². The minimum Gasteiger partial charge on any atom is -0.474 e. The second kappa shape index (κ2) is 10.5. The first-order valence-electron chi connectivity index (χ1n) is 11.6. The molecule has 2 aromatic rings. The number of benzene rings is 1. The third-order valence-corrected chi connectivity index (χ3v) is 7.83. The van der Waals surface area contributed by atoms with Crippen LogP contribution in [0.1, 0.15) is 36.8 Å². The maximum atomic E-state index is 13.4. The molecule has 2 fully saturated rings. The molecule has 0 radical (unpaired) electrons. The summed E-state index contributed by atoms with van der Waals surface area (Å²) in [5, 5.41) is 0.878. The van der Waals surface area contributed by atoms with Crippen molar-refractivity contribution >= 4 is 29.1 Å². The number of pyridine rings is 1. The van der Waals surface area contributed by atoms with E-state index in [1.165, 1.54) is 6.07 Å². The van der Waals surface area contributed by atoms with Crippen LogP contribution in [0, 0.1) is 11.8 Å². The van der Waals surface area contributed by atoms with Crippen molar-refractivity contribution in [2.75, 3.05) is 33.2 Å². The molecule has 35 heavy (non-hydrogen) atoms. The van der Waals surface area contributed by atoms with Crippen molar-refractivity contribution in [2.45, 2.75) is 38.0 Å². The van der Waals surface area contributed by atoms with Crippen molar-refractivity contribution in [3.63, 3.8) is 0 Å². The molecule has 1 amide bonds. The van der Waals surface area contributed by atoms with Gasteiger partial charge in [0.25, 0.3) is 0 Å². The second-order valence-electron chi connectivity index (χ2n) is 9.47. The van der Waals surface area contributed by atoms with E-state index in [1.54, 1.807) is 6.07 Å². The van der Waals surface area contributed by atoms with E-state index in [4.69, 9.17) is 27.9 Å². The minimum atomic E-state index is -4.46. The molecule has 10 heteroatoms. The first-order valence-corrected chi connectivity index (χ1v) is 12.4. The zero-order chi connectivity index (χ0) is 25.3. The number of carbonyl (C=O) groups excluding carboxylic acids is 1. The fraction of sp³-hybridized carbons (Fsp3) is 0.520. The Bertz CT molecular complexity index is 1040. The van der Waals surface area contributed by atoms with Gasteiger partial charge in [0.1, 0.15) is 6.10 Å². The number of ether oxygens (including phenoxy) is 1. The lowest BCUT2D eigenvalue weighted by atomic mass is 9.86. The Morgan fingerprint density at radius 3 is 2.43 bits per heavy atom. The molecule has 3 atom stereocenters. The lowest BCUT2D eigenvalue weighted by Crippen LogP contribution is -2.41. The Balaban J connectivity index is 1.54. The van der Waals surface area contributed by atoms with E-state index >= 15 is 0 Å². The molecule has 1 aromatic heterocycles. The quantitative estimate of drug-likeness (QED) is 0.494. The largest absolute Gasteiger partial charge is 0.474 e. The molecular formula is C25H28Cl2F3N3O2. The molecule has 0 aliphatic carbocycles. The number of likely N-dealkylation sites (tertiary alicyclic amines) is 2. The van der Waals surface area contributed by atoms with E-state index in [2.05, 4.69) is 16.9 Å². The van der Waals surface area contributed by atoms with Crippen molar-refractivity contribution in [3.8, 4) is 5.88 Å². The van der Waals surface area contributed by atoms with Crippen LogP contribution in [0.25, 0.3) is 0 Å². The predicted octanol–water partition coefficient (Wildman–Crippen LogP) is 5.76. The fourth-order valence-corrected chi connectivity index (χ4v) is 5.30. The number of aromatic nitrogens is 1. The number of halogens is 5. The van der Waals surface area contributed by atoms with Gasteiger partial charge in [0.2, 0.25) is 11.8 Å². The number of alkyl halides is 3. The van der Waals surface area contributed by atoms with Crippen molar-refractivity contribution < 1.29 is 22.7 Å². The van der Waals surface area contributed by atoms with Crippen molar-refractivity contribution in [3.05, 3.63) is 57.7 Å². The van der Waals surface area contributed by atoms with Crippen LogP contribution in [0.5, 0.6) is 5.88 Å². The smallest absolute Gasteiger partial charge is 0.417 e. The Morgan fingerprint density at radius 1 is 1.11 bits per heavy atom. The standard InChI is InChI=1S/C25H28Cl2F3N3O2/c1-15(35-23-6-4-18(12-31-23)25(28,29)30)19-13-33(24(34)16-7-9-32(2)10-8-16)14-20(19)17-3-5-21(26)22(27)11-17/h3-6,11-12,15-16,19-20H,7-10,13-14H2,1-2H3/t15-,19+,20-/m1/s1. The molecule has 0 N–H and O–H groups in total. The van der Waals surface area contributed by atoms with Gasteiger partial charge >= 0.3 is 6.18 Å². The number of piperidine rings is 1. The van der Waals surface area contributed by atoms with E-state index < -0.39 is 17.8 Å². The van der Waals surface area contributed by atoms with Crippen LogP contribution in [-0.4, -0.2) is 60.0 Å².